The molecule has 6 nitrogen and oxygen atoms in total. The van der Waals surface area contributed by atoms with Gasteiger partial charge in [0, 0.05) is 12.6 Å². The molecule has 0 fully saturated rings. The van der Waals surface area contributed by atoms with E-state index in [1.165, 1.54) is 16.8 Å². The van der Waals surface area contributed by atoms with Gasteiger partial charge < -0.3 is 10.4 Å². The Morgan fingerprint density at radius 2 is 2.20 bits per heavy atom. The molecular weight excluding hydrogens is 265 g/mol. The first-order chi connectivity index (χ1) is 9.45. The lowest BCUT2D eigenvalue weighted by molar-refractivity contribution is -0.115. The molecule has 2 heterocycles. The third-order valence-corrected chi connectivity index (χ3v) is 3.18. The molecule has 0 unspecified atom stereocenters. The topological polar surface area (TPSA) is 84.2 Å². The molecule has 2 aromatic rings. The van der Waals surface area contributed by atoms with Crippen LogP contribution in [0.5, 0.6) is 0 Å². The fourth-order valence-electron chi connectivity index (χ4n) is 2.29. The van der Waals surface area contributed by atoms with Crippen LogP contribution in [0.15, 0.2) is 18.2 Å². The van der Waals surface area contributed by atoms with Crippen LogP contribution in [0, 0.1) is 5.82 Å². The number of carboxylic acid groups (broad SMARTS) is 1. The van der Waals surface area contributed by atoms with Gasteiger partial charge in [-0.2, -0.15) is 5.10 Å². The smallest absolute Gasteiger partial charge is 0.356 e. The average Bonchev–Trinajstić information content (AvgIpc) is 2.92. The van der Waals surface area contributed by atoms with Crippen molar-refractivity contribution in [3.63, 3.8) is 0 Å². The van der Waals surface area contributed by atoms with E-state index in [0.29, 0.717) is 16.8 Å². The highest BCUT2D eigenvalue weighted by atomic mass is 19.1. The van der Waals surface area contributed by atoms with Crippen LogP contribution in [-0.2, 0) is 18.3 Å². The number of benzene rings is 1. The molecule has 102 valence electrons. The molecule has 1 aliphatic heterocycles. The number of nitrogens with zero attached hydrogens (tertiary/aromatic N) is 2. The second-order valence-corrected chi connectivity index (χ2v) is 4.56. The maximum Gasteiger partial charge on any atom is 0.356 e. The zero-order valence-electron chi connectivity index (χ0n) is 10.5. The fraction of sp³-hybridized carbons (Fsp3) is 0.154. The highest BCUT2D eigenvalue weighted by Gasteiger charge is 2.23. The van der Waals surface area contributed by atoms with Crippen molar-refractivity contribution < 1.29 is 19.1 Å². The van der Waals surface area contributed by atoms with Crippen LogP contribution in [0.4, 0.5) is 10.1 Å². The monoisotopic (exact) mass is 275 g/mol. The van der Waals surface area contributed by atoms with Crippen molar-refractivity contribution in [1.82, 2.24) is 9.78 Å². The predicted molar refractivity (Wildman–Crippen MR) is 67.9 cm³/mol. The summed E-state index contributed by atoms with van der Waals surface area (Å²) in [6, 6.07) is 4.29. The van der Waals surface area contributed by atoms with Crippen molar-refractivity contribution in [2.45, 2.75) is 6.42 Å². The lowest BCUT2D eigenvalue weighted by Gasteiger charge is -2.06. The molecule has 7 heteroatoms. The Bertz CT molecular complexity index is 752. The predicted octanol–water partition coefficient (Wildman–Crippen LogP) is 1.42. The Hall–Kier alpha value is -2.70. The van der Waals surface area contributed by atoms with Gasteiger partial charge in [0.25, 0.3) is 0 Å². The molecule has 0 saturated heterocycles. The number of rotatable bonds is 2. The van der Waals surface area contributed by atoms with Gasteiger partial charge in [-0.05, 0) is 23.8 Å². The highest BCUT2D eigenvalue weighted by molar-refractivity contribution is 6.00. The van der Waals surface area contributed by atoms with Crippen LogP contribution in [0.1, 0.15) is 16.1 Å². The first kappa shape index (κ1) is 12.3. The van der Waals surface area contributed by atoms with Crippen LogP contribution in [0.3, 0.4) is 0 Å². The number of hydrogen-bond acceptors (Lipinski definition) is 3. The zero-order valence-corrected chi connectivity index (χ0v) is 10.5. The number of carbonyl (C=O) groups excluding carboxylic acids is 1. The van der Waals surface area contributed by atoms with Crippen LogP contribution in [0.25, 0.3) is 11.3 Å². The number of carboxylic acids is 1. The second kappa shape index (κ2) is 4.16. The molecule has 1 amide bonds. The van der Waals surface area contributed by atoms with Gasteiger partial charge in [0.05, 0.1) is 17.8 Å². The number of anilines is 1. The van der Waals surface area contributed by atoms with E-state index in [2.05, 4.69) is 10.4 Å². The van der Waals surface area contributed by atoms with Gasteiger partial charge in [0.1, 0.15) is 5.82 Å². The minimum Gasteiger partial charge on any atom is -0.476 e. The molecule has 0 atom stereocenters. The van der Waals surface area contributed by atoms with Crippen LogP contribution in [-0.4, -0.2) is 26.8 Å². The normalized spacial score (nSPS) is 13.2. The number of carbonyl (C=O) groups is 2. The van der Waals surface area contributed by atoms with Crippen LogP contribution in [0.2, 0.25) is 0 Å². The van der Waals surface area contributed by atoms with Gasteiger partial charge in [-0.1, -0.05) is 0 Å². The zero-order chi connectivity index (χ0) is 14.4. The SMILES string of the molecule is Cn1nc(C(=O)O)cc1-c1cc(F)c2c(c1)CC(=O)N2. The van der Waals surface area contributed by atoms with Gasteiger partial charge in [-0.25, -0.2) is 9.18 Å². The number of nitrogens with one attached hydrogen (secondary N) is 1. The van der Waals surface area contributed by atoms with E-state index in [4.69, 9.17) is 5.11 Å². The molecule has 1 aliphatic rings. The van der Waals surface area contributed by atoms with Crippen LogP contribution >= 0.6 is 0 Å². The summed E-state index contributed by atoms with van der Waals surface area (Å²) in [7, 11) is 1.58. The summed E-state index contributed by atoms with van der Waals surface area (Å²) in [4.78, 5) is 22.2. The number of amides is 1. The highest BCUT2D eigenvalue weighted by Crippen LogP contribution is 2.32. The Morgan fingerprint density at radius 3 is 2.85 bits per heavy atom. The Morgan fingerprint density at radius 1 is 1.45 bits per heavy atom. The number of aromatic carboxylic acids is 1. The summed E-state index contributed by atoms with van der Waals surface area (Å²) in [5, 5.41) is 15.2. The van der Waals surface area contributed by atoms with E-state index in [9.17, 15) is 14.0 Å². The maximum absolute atomic E-state index is 13.9. The minimum atomic E-state index is -1.15. The second-order valence-electron chi connectivity index (χ2n) is 4.56. The number of aryl methyl sites for hydroxylation is 1. The van der Waals surface area contributed by atoms with Gasteiger partial charge >= 0.3 is 5.97 Å². The molecule has 2 N–H and O–H groups in total. The van der Waals surface area contributed by atoms with E-state index in [-0.39, 0.29) is 23.7 Å². The van der Waals surface area contributed by atoms with E-state index in [0.717, 1.165) is 0 Å². The molecule has 1 aromatic carbocycles. The number of halogens is 1. The Balaban J connectivity index is 2.12. The summed E-state index contributed by atoms with van der Waals surface area (Å²) < 4.78 is 15.3. The van der Waals surface area contributed by atoms with Gasteiger partial charge in [0.15, 0.2) is 5.69 Å². The van der Waals surface area contributed by atoms with Gasteiger partial charge in [-0.3, -0.25) is 9.48 Å². The van der Waals surface area contributed by atoms with Crippen molar-refractivity contribution in [3.05, 3.63) is 35.3 Å². The quantitative estimate of drug-likeness (QED) is 0.868. The van der Waals surface area contributed by atoms with Gasteiger partial charge in [-0.15, -0.1) is 0 Å². The van der Waals surface area contributed by atoms with Crippen molar-refractivity contribution in [3.8, 4) is 11.3 Å². The molecule has 0 aliphatic carbocycles. The van der Waals surface area contributed by atoms with Crippen molar-refractivity contribution in [2.75, 3.05) is 5.32 Å². The molecule has 3 rings (SSSR count). The summed E-state index contributed by atoms with van der Waals surface area (Å²) in [5.41, 5.74) is 1.60. The largest absolute Gasteiger partial charge is 0.476 e. The lowest BCUT2D eigenvalue weighted by Crippen LogP contribution is -2.04. The third-order valence-electron chi connectivity index (χ3n) is 3.18. The van der Waals surface area contributed by atoms with E-state index < -0.39 is 11.8 Å². The standard InChI is InChI=1S/C13H10FN3O3/c1-17-10(5-9(16-17)13(19)20)6-2-7-4-11(18)15-12(7)8(14)3-6/h2-3,5H,4H2,1H3,(H,15,18)(H,19,20). The minimum absolute atomic E-state index is 0.113. The third kappa shape index (κ3) is 1.83. The Kier molecular flexibility index (Phi) is 2.56. The lowest BCUT2D eigenvalue weighted by atomic mass is 10.0. The van der Waals surface area contributed by atoms with E-state index in [1.807, 2.05) is 0 Å². The molecule has 0 bridgehead atoms. The van der Waals surface area contributed by atoms with Gasteiger partial charge in [0.2, 0.25) is 5.91 Å². The summed E-state index contributed by atoms with van der Waals surface area (Å²) in [6.07, 6.45) is 0.115. The van der Waals surface area contributed by atoms with E-state index >= 15 is 0 Å². The maximum atomic E-state index is 13.9. The first-order valence-corrected chi connectivity index (χ1v) is 5.85. The summed E-state index contributed by atoms with van der Waals surface area (Å²) >= 11 is 0. The van der Waals surface area contributed by atoms with Crippen molar-refractivity contribution >= 4 is 17.6 Å². The Labute approximate surface area is 112 Å². The molecule has 0 saturated carbocycles. The number of hydrogen-bond donors (Lipinski definition) is 2. The van der Waals surface area contributed by atoms with Crippen molar-refractivity contribution in [1.29, 1.82) is 0 Å². The molecule has 0 radical (unpaired) electrons. The molecule has 20 heavy (non-hydrogen) atoms. The number of fused-ring (bicyclic) bond motifs is 1. The fourth-order valence-corrected chi connectivity index (χ4v) is 2.29. The molecular formula is C13H10FN3O3. The number of aromatic nitrogens is 2. The van der Waals surface area contributed by atoms with Crippen molar-refractivity contribution in [2.24, 2.45) is 7.05 Å². The first-order valence-electron chi connectivity index (χ1n) is 5.85. The average molecular weight is 275 g/mol. The van der Waals surface area contributed by atoms with Crippen LogP contribution < -0.4 is 5.32 Å². The molecule has 0 spiro atoms. The van der Waals surface area contributed by atoms with E-state index in [1.54, 1.807) is 13.1 Å². The molecule has 1 aromatic heterocycles. The summed E-state index contributed by atoms with van der Waals surface area (Å²) in [5.74, 6) is -1.95. The summed E-state index contributed by atoms with van der Waals surface area (Å²) in [6.45, 7) is 0.